The summed E-state index contributed by atoms with van der Waals surface area (Å²) < 4.78 is 0. The lowest BCUT2D eigenvalue weighted by Gasteiger charge is -2.31. The van der Waals surface area contributed by atoms with Gasteiger partial charge in [-0.2, -0.15) is 0 Å². The van der Waals surface area contributed by atoms with Gasteiger partial charge in [-0.15, -0.1) is 11.8 Å². The molecule has 4 nitrogen and oxygen atoms in total. The molecule has 0 fully saturated rings. The van der Waals surface area contributed by atoms with Gasteiger partial charge in [0.15, 0.2) is 0 Å². The molecule has 3 rings (SSSR count). The van der Waals surface area contributed by atoms with Crippen molar-refractivity contribution in [3.05, 3.63) is 99.5 Å². The lowest BCUT2D eigenvalue weighted by Crippen LogP contribution is -2.51. The predicted octanol–water partition coefficient (Wildman–Crippen LogP) is 6.17. The van der Waals surface area contributed by atoms with Gasteiger partial charge in [-0.1, -0.05) is 77.3 Å². The van der Waals surface area contributed by atoms with Crippen LogP contribution < -0.4 is 5.32 Å². The third kappa shape index (κ3) is 7.52. The minimum Gasteiger partial charge on any atom is -0.355 e. The standard InChI is InChI=1S/C27H28Cl2N2O2S/c1-3-30-27(33)25(16-20-7-5-4-6-8-20)31(17-21-11-14-23(28)24(29)15-21)26(32)18-34-22-12-9-19(2)10-13-22/h4-15,25H,3,16-18H2,1-2H3,(H,30,33)/t25-/m0/s1. The molecule has 2 amide bonds. The molecular formula is C27H28Cl2N2O2S. The Morgan fingerprint density at radius 1 is 0.941 bits per heavy atom. The van der Waals surface area contributed by atoms with Crippen molar-refractivity contribution < 1.29 is 9.59 Å². The van der Waals surface area contributed by atoms with Crippen molar-refractivity contribution in [3.63, 3.8) is 0 Å². The minimum absolute atomic E-state index is 0.121. The molecule has 1 atom stereocenters. The van der Waals surface area contributed by atoms with Gasteiger partial charge in [-0.3, -0.25) is 9.59 Å². The van der Waals surface area contributed by atoms with E-state index in [0.29, 0.717) is 23.0 Å². The van der Waals surface area contributed by atoms with Gasteiger partial charge in [0.2, 0.25) is 11.8 Å². The molecule has 0 aliphatic heterocycles. The third-order valence-electron chi connectivity index (χ3n) is 5.34. The molecule has 0 aliphatic carbocycles. The van der Waals surface area contributed by atoms with Crippen LogP contribution in [-0.2, 0) is 22.6 Å². The lowest BCUT2D eigenvalue weighted by molar-refractivity contribution is -0.139. The first-order valence-electron chi connectivity index (χ1n) is 11.1. The molecular weight excluding hydrogens is 487 g/mol. The number of carbonyl (C=O) groups excluding carboxylic acids is 2. The number of nitrogens with zero attached hydrogens (tertiary/aromatic N) is 1. The number of halogens is 2. The van der Waals surface area contributed by atoms with Crippen molar-refractivity contribution in [1.82, 2.24) is 10.2 Å². The van der Waals surface area contributed by atoms with E-state index in [1.54, 1.807) is 17.0 Å². The summed E-state index contributed by atoms with van der Waals surface area (Å²) >= 11 is 13.8. The summed E-state index contributed by atoms with van der Waals surface area (Å²) in [6, 6.07) is 22.4. The highest BCUT2D eigenvalue weighted by molar-refractivity contribution is 8.00. The Kier molecular flexibility index (Phi) is 9.87. The van der Waals surface area contributed by atoms with E-state index in [4.69, 9.17) is 23.2 Å². The van der Waals surface area contributed by atoms with Crippen LogP contribution in [0.5, 0.6) is 0 Å². The number of aryl methyl sites for hydroxylation is 1. The number of rotatable bonds is 10. The van der Waals surface area contributed by atoms with Crippen LogP contribution in [0.1, 0.15) is 23.6 Å². The molecule has 0 saturated carbocycles. The van der Waals surface area contributed by atoms with Crippen LogP contribution in [0.3, 0.4) is 0 Å². The topological polar surface area (TPSA) is 49.4 Å². The number of amides is 2. The third-order valence-corrected chi connectivity index (χ3v) is 7.08. The molecule has 0 heterocycles. The van der Waals surface area contributed by atoms with Crippen LogP contribution in [0.25, 0.3) is 0 Å². The van der Waals surface area contributed by atoms with E-state index in [2.05, 4.69) is 5.32 Å². The van der Waals surface area contributed by atoms with Gasteiger partial charge in [0.25, 0.3) is 0 Å². The Labute approximate surface area is 215 Å². The molecule has 0 saturated heterocycles. The van der Waals surface area contributed by atoms with Gasteiger partial charge >= 0.3 is 0 Å². The quantitative estimate of drug-likeness (QED) is 0.329. The van der Waals surface area contributed by atoms with Crippen molar-refractivity contribution in [1.29, 1.82) is 0 Å². The van der Waals surface area contributed by atoms with Crippen molar-refractivity contribution in [2.45, 2.75) is 37.8 Å². The van der Waals surface area contributed by atoms with Gasteiger partial charge in [-0.25, -0.2) is 0 Å². The Morgan fingerprint density at radius 3 is 2.29 bits per heavy atom. The molecule has 0 unspecified atom stereocenters. The first-order chi connectivity index (χ1) is 16.4. The zero-order valence-electron chi connectivity index (χ0n) is 19.3. The van der Waals surface area contributed by atoms with Gasteiger partial charge in [0.05, 0.1) is 15.8 Å². The average Bonchev–Trinajstić information content (AvgIpc) is 2.83. The first kappa shape index (κ1) is 26.1. The number of nitrogens with one attached hydrogen (secondary N) is 1. The number of hydrogen-bond donors (Lipinski definition) is 1. The normalized spacial score (nSPS) is 11.6. The van der Waals surface area contributed by atoms with E-state index in [1.807, 2.05) is 74.5 Å². The fourth-order valence-electron chi connectivity index (χ4n) is 3.54. The fourth-order valence-corrected chi connectivity index (χ4v) is 4.65. The summed E-state index contributed by atoms with van der Waals surface area (Å²) in [6.45, 7) is 4.63. The van der Waals surface area contributed by atoms with Crippen LogP contribution in [0.15, 0.2) is 77.7 Å². The molecule has 0 radical (unpaired) electrons. The Hall–Kier alpha value is -2.47. The predicted molar refractivity (Wildman–Crippen MR) is 142 cm³/mol. The summed E-state index contributed by atoms with van der Waals surface area (Å²) in [5.74, 6) is -0.0846. The van der Waals surface area contributed by atoms with Crippen LogP contribution in [-0.4, -0.2) is 35.1 Å². The van der Waals surface area contributed by atoms with Crippen LogP contribution >= 0.6 is 35.0 Å². The maximum absolute atomic E-state index is 13.5. The second kappa shape index (κ2) is 12.8. The second-order valence-electron chi connectivity index (χ2n) is 7.97. The molecule has 0 spiro atoms. The van der Waals surface area contributed by atoms with Crippen molar-refractivity contribution in [3.8, 4) is 0 Å². The van der Waals surface area contributed by atoms with Gasteiger partial charge in [0, 0.05) is 24.4 Å². The number of hydrogen-bond acceptors (Lipinski definition) is 3. The summed E-state index contributed by atoms with van der Waals surface area (Å²) in [7, 11) is 0. The van der Waals surface area contributed by atoms with E-state index in [9.17, 15) is 9.59 Å². The molecule has 0 aliphatic rings. The minimum atomic E-state index is -0.664. The monoisotopic (exact) mass is 514 g/mol. The van der Waals surface area contributed by atoms with E-state index < -0.39 is 6.04 Å². The largest absolute Gasteiger partial charge is 0.355 e. The number of thioether (sulfide) groups is 1. The van der Waals surface area contributed by atoms with Crippen molar-refractivity contribution in [2.24, 2.45) is 0 Å². The molecule has 0 aromatic heterocycles. The van der Waals surface area contributed by atoms with Crippen molar-refractivity contribution in [2.75, 3.05) is 12.3 Å². The summed E-state index contributed by atoms with van der Waals surface area (Å²) in [5.41, 5.74) is 2.96. The zero-order valence-corrected chi connectivity index (χ0v) is 21.6. The highest BCUT2D eigenvalue weighted by Crippen LogP contribution is 2.25. The molecule has 3 aromatic rings. The Bertz CT molecular complexity index is 1110. The van der Waals surface area contributed by atoms with Crippen LogP contribution in [0.4, 0.5) is 0 Å². The van der Waals surface area contributed by atoms with E-state index in [0.717, 1.165) is 21.6 Å². The van der Waals surface area contributed by atoms with Gasteiger partial charge < -0.3 is 10.2 Å². The highest BCUT2D eigenvalue weighted by atomic mass is 35.5. The molecule has 0 bridgehead atoms. The molecule has 7 heteroatoms. The lowest BCUT2D eigenvalue weighted by atomic mass is 10.0. The smallest absolute Gasteiger partial charge is 0.243 e. The summed E-state index contributed by atoms with van der Waals surface area (Å²) in [6.07, 6.45) is 0.412. The SMILES string of the molecule is CCNC(=O)[C@H](Cc1ccccc1)N(Cc1ccc(Cl)c(Cl)c1)C(=O)CSc1ccc(C)cc1. The number of carbonyl (C=O) groups is 2. The maximum Gasteiger partial charge on any atom is 0.243 e. The summed E-state index contributed by atoms with van der Waals surface area (Å²) in [5, 5.41) is 3.76. The van der Waals surface area contributed by atoms with Crippen LogP contribution in [0.2, 0.25) is 10.0 Å². The van der Waals surface area contributed by atoms with E-state index in [1.165, 1.54) is 11.8 Å². The van der Waals surface area contributed by atoms with Gasteiger partial charge in [-0.05, 0) is 49.2 Å². The van der Waals surface area contributed by atoms with Crippen molar-refractivity contribution >= 4 is 46.8 Å². The molecule has 3 aromatic carbocycles. The number of benzene rings is 3. The zero-order chi connectivity index (χ0) is 24.5. The Morgan fingerprint density at radius 2 is 1.65 bits per heavy atom. The first-order valence-corrected chi connectivity index (χ1v) is 12.9. The highest BCUT2D eigenvalue weighted by Gasteiger charge is 2.30. The fraction of sp³-hybridized carbons (Fsp3) is 0.259. The van der Waals surface area contributed by atoms with E-state index >= 15 is 0 Å². The molecule has 178 valence electrons. The van der Waals surface area contributed by atoms with E-state index in [-0.39, 0.29) is 24.1 Å². The Balaban J connectivity index is 1.90. The second-order valence-corrected chi connectivity index (χ2v) is 9.84. The van der Waals surface area contributed by atoms with Gasteiger partial charge in [0.1, 0.15) is 6.04 Å². The maximum atomic E-state index is 13.5. The molecule has 1 N–H and O–H groups in total. The summed E-state index contributed by atoms with van der Waals surface area (Å²) in [4.78, 5) is 29.4. The number of likely N-dealkylation sites (N-methyl/N-ethyl adjacent to an activating group) is 1. The van der Waals surface area contributed by atoms with Crippen LogP contribution in [0, 0.1) is 6.92 Å². The average molecular weight is 516 g/mol. The molecule has 34 heavy (non-hydrogen) atoms.